The fourth-order valence-electron chi connectivity index (χ4n) is 3.77. The van der Waals surface area contributed by atoms with E-state index in [0.29, 0.717) is 30.3 Å². The highest BCUT2D eigenvalue weighted by Gasteiger charge is 2.39. The Labute approximate surface area is 163 Å². The van der Waals surface area contributed by atoms with Gasteiger partial charge in [0.1, 0.15) is 6.04 Å². The second-order valence-electron chi connectivity index (χ2n) is 6.62. The van der Waals surface area contributed by atoms with Crippen LogP contribution in [-0.2, 0) is 20.9 Å². The molecule has 1 aromatic carbocycles. The van der Waals surface area contributed by atoms with Gasteiger partial charge in [0.15, 0.2) is 0 Å². The maximum Gasteiger partial charge on any atom is 0.325 e. The number of fused-ring (bicyclic) bond motifs is 1. The molecule has 2 aromatic rings. The van der Waals surface area contributed by atoms with Crippen LogP contribution >= 0.6 is 15.9 Å². The van der Waals surface area contributed by atoms with Crippen molar-refractivity contribution < 1.29 is 24.6 Å². The number of aliphatic carboxylic acids is 2. The van der Waals surface area contributed by atoms with E-state index >= 15 is 0 Å². The van der Waals surface area contributed by atoms with Gasteiger partial charge >= 0.3 is 11.9 Å². The van der Waals surface area contributed by atoms with Crippen LogP contribution in [0.25, 0.3) is 10.9 Å². The van der Waals surface area contributed by atoms with Gasteiger partial charge in [-0.3, -0.25) is 19.3 Å². The number of carboxylic acid groups (broad SMARTS) is 2. The lowest BCUT2D eigenvalue weighted by atomic mass is 10.0. The molecule has 1 saturated heterocycles. The largest absolute Gasteiger partial charge is 0.481 e. The van der Waals surface area contributed by atoms with Crippen LogP contribution in [0, 0.1) is 0 Å². The van der Waals surface area contributed by atoms with Gasteiger partial charge in [0, 0.05) is 40.2 Å². The fraction of sp³-hybridized carbons (Fsp3) is 0.389. The van der Waals surface area contributed by atoms with Gasteiger partial charge in [-0.1, -0.05) is 22.0 Å². The summed E-state index contributed by atoms with van der Waals surface area (Å²) in [5, 5.41) is 19.6. The monoisotopic (exact) mass is 437 g/mol. The Morgan fingerprint density at radius 1 is 1.30 bits per heavy atom. The highest BCUT2D eigenvalue weighted by atomic mass is 79.9. The summed E-state index contributed by atoms with van der Waals surface area (Å²) in [5.41, 5.74) is 6.74. The first-order chi connectivity index (χ1) is 12.8. The summed E-state index contributed by atoms with van der Waals surface area (Å²) in [5.74, 6) is -2.53. The van der Waals surface area contributed by atoms with Gasteiger partial charge in [-0.05, 0) is 25.0 Å². The molecule has 8 nitrogen and oxygen atoms in total. The molecule has 0 spiro atoms. The minimum absolute atomic E-state index is 0.0822. The third kappa shape index (κ3) is 3.84. The van der Waals surface area contributed by atoms with Gasteiger partial charge in [0.25, 0.3) is 0 Å². The van der Waals surface area contributed by atoms with E-state index in [1.54, 1.807) is 21.7 Å². The Hall–Kier alpha value is -2.39. The zero-order valence-corrected chi connectivity index (χ0v) is 16.1. The Balaban J connectivity index is 2.11. The quantitative estimate of drug-likeness (QED) is 0.607. The Bertz CT molecular complexity index is 910. The number of hydrogen-bond donors (Lipinski definition) is 3. The van der Waals surface area contributed by atoms with Crippen LogP contribution in [-0.4, -0.2) is 50.1 Å². The molecule has 1 aliphatic rings. The van der Waals surface area contributed by atoms with Crippen LogP contribution < -0.4 is 5.73 Å². The molecule has 1 amide bonds. The number of likely N-dealkylation sites (tertiary alicyclic amines) is 1. The lowest BCUT2D eigenvalue weighted by molar-refractivity contribution is -0.145. The number of rotatable bonds is 7. The second kappa shape index (κ2) is 7.69. The summed E-state index contributed by atoms with van der Waals surface area (Å²) in [6, 6.07) is 3.78. The van der Waals surface area contributed by atoms with Crippen molar-refractivity contribution in [1.29, 1.82) is 0 Å². The molecule has 4 N–H and O–H groups in total. The fourth-order valence-corrected chi connectivity index (χ4v) is 4.12. The summed E-state index contributed by atoms with van der Waals surface area (Å²) >= 11 is 3.40. The van der Waals surface area contributed by atoms with Crippen molar-refractivity contribution in [3.05, 3.63) is 34.4 Å². The number of carbonyl (C=O) groups excluding carboxylic acids is 1. The standard InChI is InChI=1S/C18H20BrN3O5/c19-10-3-4-11-12(9-21(14(11)8-10)7-5-15(23)24)16(18(26)27)22-6-1-2-13(22)17(20)25/h3-4,8-9,13,16H,1-2,5-7H2,(H2,20,25)(H,23,24)(H,26,27)/t13-,16+/m0/s1. The summed E-state index contributed by atoms with van der Waals surface area (Å²) in [4.78, 5) is 36.5. The predicted molar refractivity (Wildman–Crippen MR) is 101 cm³/mol. The molecule has 2 atom stereocenters. The van der Waals surface area contributed by atoms with E-state index in [4.69, 9.17) is 10.8 Å². The molecular weight excluding hydrogens is 418 g/mol. The van der Waals surface area contributed by atoms with Crippen LogP contribution in [0.4, 0.5) is 0 Å². The van der Waals surface area contributed by atoms with Crippen LogP contribution in [0.2, 0.25) is 0 Å². The van der Waals surface area contributed by atoms with Crippen molar-refractivity contribution in [2.45, 2.75) is 37.9 Å². The zero-order chi connectivity index (χ0) is 19.7. The molecular formula is C18H20BrN3O5. The first-order valence-corrected chi connectivity index (χ1v) is 9.37. The van der Waals surface area contributed by atoms with Gasteiger partial charge in [-0.15, -0.1) is 0 Å². The van der Waals surface area contributed by atoms with Crippen LogP contribution in [0.5, 0.6) is 0 Å². The second-order valence-corrected chi connectivity index (χ2v) is 7.54. The van der Waals surface area contributed by atoms with E-state index in [9.17, 15) is 19.5 Å². The SMILES string of the molecule is NC(=O)[C@@H]1CCCN1[C@@H](C(=O)O)c1cn(CCC(=O)O)c2cc(Br)ccc12. The van der Waals surface area contributed by atoms with Gasteiger partial charge in [-0.25, -0.2) is 0 Å². The molecule has 1 aromatic heterocycles. The van der Waals surface area contributed by atoms with Gasteiger partial charge < -0.3 is 20.5 Å². The molecule has 144 valence electrons. The predicted octanol–water partition coefficient (Wildman–Crippen LogP) is 1.95. The van der Waals surface area contributed by atoms with E-state index < -0.39 is 29.9 Å². The number of primary amides is 1. The van der Waals surface area contributed by atoms with Gasteiger partial charge in [-0.2, -0.15) is 0 Å². The van der Waals surface area contributed by atoms with E-state index in [2.05, 4.69) is 15.9 Å². The average Bonchev–Trinajstić information content (AvgIpc) is 3.18. The van der Waals surface area contributed by atoms with Gasteiger partial charge in [0.2, 0.25) is 5.91 Å². The summed E-state index contributed by atoms with van der Waals surface area (Å²) in [6.07, 6.45) is 2.82. The molecule has 0 aliphatic carbocycles. The van der Waals surface area contributed by atoms with Crippen molar-refractivity contribution in [2.24, 2.45) is 5.73 Å². The van der Waals surface area contributed by atoms with Crippen molar-refractivity contribution in [2.75, 3.05) is 6.54 Å². The van der Waals surface area contributed by atoms with Crippen molar-refractivity contribution in [3.8, 4) is 0 Å². The van der Waals surface area contributed by atoms with Crippen LogP contribution in [0.1, 0.15) is 30.9 Å². The molecule has 0 radical (unpaired) electrons. The Morgan fingerprint density at radius 3 is 2.67 bits per heavy atom. The number of nitrogens with two attached hydrogens (primary N) is 1. The molecule has 1 fully saturated rings. The number of carbonyl (C=O) groups is 3. The van der Waals surface area contributed by atoms with E-state index in [1.165, 1.54) is 0 Å². The highest BCUT2D eigenvalue weighted by molar-refractivity contribution is 9.10. The number of aromatic nitrogens is 1. The molecule has 2 heterocycles. The maximum atomic E-state index is 12.1. The molecule has 9 heteroatoms. The number of nitrogens with zero attached hydrogens (tertiary/aromatic N) is 2. The molecule has 27 heavy (non-hydrogen) atoms. The third-order valence-corrected chi connectivity index (χ3v) is 5.42. The van der Waals surface area contributed by atoms with Crippen LogP contribution in [0.3, 0.4) is 0 Å². The normalized spacial score (nSPS) is 18.6. The molecule has 0 bridgehead atoms. The Kier molecular flexibility index (Phi) is 5.52. The summed E-state index contributed by atoms with van der Waals surface area (Å²) < 4.78 is 2.55. The number of carboxylic acids is 2. The Morgan fingerprint density at radius 2 is 2.04 bits per heavy atom. The van der Waals surface area contributed by atoms with Crippen molar-refractivity contribution >= 4 is 44.7 Å². The smallest absolute Gasteiger partial charge is 0.325 e. The average molecular weight is 438 g/mol. The minimum atomic E-state index is -1.07. The molecule has 0 saturated carbocycles. The third-order valence-electron chi connectivity index (χ3n) is 4.92. The number of halogens is 1. The number of hydrogen-bond acceptors (Lipinski definition) is 4. The minimum Gasteiger partial charge on any atom is -0.481 e. The summed E-state index contributed by atoms with van der Waals surface area (Å²) in [7, 11) is 0. The van der Waals surface area contributed by atoms with Gasteiger partial charge in [0.05, 0.1) is 12.5 Å². The number of amides is 1. The van der Waals surface area contributed by atoms with Crippen molar-refractivity contribution in [3.63, 3.8) is 0 Å². The van der Waals surface area contributed by atoms with Crippen molar-refractivity contribution in [1.82, 2.24) is 9.47 Å². The highest BCUT2D eigenvalue weighted by Crippen LogP contribution is 2.36. The number of benzene rings is 1. The zero-order valence-electron chi connectivity index (χ0n) is 14.5. The van der Waals surface area contributed by atoms with E-state index in [0.717, 1.165) is 9.99 Å². The first-order valence-electron chi connectivity index (χ1n) is 8.57. The van der Waals surface area contributed by atoms with E-state index in [-0.39, 0.29) is 13.0 Å². The molecule has 3 rings (SSSR count). The first kappa shape index (κ1) is 19.4. The molecule has 0 unspecified atom stereocenters. The van der Waals surface area contributed by atoms with E-state index in [1.807, 2.05) is 12.1 Å². The lowest BCUT2D eigenvalue weighted by Gasteiger charge is -2.28. The maximum absolute atomic E-state index is 12.1. The lowest BCUT2D eigenvalue weighted by Crippen LogP contribution is -2.44. The summed E-state index contributed by atoms with van der Waals surface area (Å²) in [6.45, 7) is 0.677. The topological polar surface area (TPSA) is 126 Å². The van der Waals surface area contributed by atoms with Crippen LogP contribution in [0.15, 0.2) is 28.9 Å². The molecule has 1 aliphatic heterocycles. The number of aryl methyl sites for hydroxylation is 1.